The molecule has 2 heterocycles. The van der Waals surface area contributed by atoms with Crippen LogP contribution in [0.4, 0.5) is 18.9 Å². The van der Waals surface area contributed by atoms with Gasteiger partial charge in [0, 0.05) is 53.9 Å². The maximum atomic E-state index is 15.7. The van der Waals surface area contributed by atoms with Crippen LogP contribution in [0.25, 0.3) is 5.69 Å². The minimum absolute atomic E-state index is 0.0967. The lowest BCUT2D eigenvalue weighted by atomic mass is 9.81. The summed E-state index contributed by atoms with van der Waals surface area (Å²) in [5.41, 5.74) is 1.03. The van der Waals surface area contributed by atoms with Crippen LogP contribution in [0.2, 0.25) is 5.02 Å². The molecule has 1 fully saturated rings. The zero-order valence-corrected chi connectivity index (χ0v) is 31.1. The number of likely N-dealkylation sites (tertiary alicyclic amines) is 1. The summed E-state index contributed by atoms with van der Waals surface area (Å²) >= 11 is 7.38. The molecular weight excluding hydrogens is 703 g/mol. The summed E-state index contributed by atoms with van der Waals surface area (Å²) in [5, 5.41) is 23.6. The first-order valence-corrected chi connectivity index (χ1v) is 18.0. The third-order valence-corrected chi connectivity index (χ3v) is 11.1. The Morgan fingerprint density at radius 3 is 2.31 bits per heavy atom. The highest BCUT2D eigenvalue weighted by Gasteiger charge is 2.34. The van der Waals surface area contributed by atoms with Crippen molar-refractivity contribution in [2.45, 2.75) is 56.0 Å². The Labute approximate surface area is 305 Å². The van der Waals surface area contributed by atoms with Crippen LogP contribution in [0.1, 0.15) is 50.4 Å². The van der Waals surface area contributed by atoms with Gasteiger partial charge in [0.15, 0.2) is 5.16 Å². The van der Waals surface area contributed by atoms with Gasteiger partial charge in [-0.3, -0.25) is 14.6 Å². The van der Waals surface area contributed by atoms with Gasteiger partial charge in [-0.1, -0.05) is 43.3 Å². The SMILES string of the molecule is COc1cc(C(C)(C)c2cnc(SCc3c(F)cc(N(O)N(CC4CC[N+](C)(C)CC4)C(C)C(=O)O)cc3F)n2-c2ccc(F)cc2)ccc1Cl. The number of thioether (sulfide) groups is 1. The topological polar surface area (TPSA) is 91.1 Å². The van der Waals surface area contributed by atoms with Gasteiger partial charge in [-0.15, -0.1) is 0 Å². The van der Waals surface area contributed by atoms with Crippen molar-refractivity contribution < 1.29 is 37.5 Å². The second-order valence-electron chi connectivity index (χ2n) is 14.1. The fraction of sp³-hybridized carbons (Fsp3) is 0.405. The average Bonchev–Trinajstić information content (AvgIpc) is 3.52. The van der Waals surface area contributed by atoms with Gasteiger partial charge in [0.25, 0.3) is 0 Å². The van der Waals surface area contributed by atoms with Gasteiger partial charge in [-0.25, -0.2) is 18.2 Å². The summed E-state index contributed by atoms with van der Waals surface area (Å²) in [7, 11) is 5.79. The molecule has 1 aromatic heterocycles. The van der Waals surface area contributed by atoms with E-state index in [2.05, 4.69) is 19.1 Å². The highest BCUT2D eigenvalue weighted by Crippen LogP contribution is 2.40. The van der Waals surface area contributed by atoms with Crippen molar-refractivity contribution >= 4 is 35.0 Å². The van der Waals surface area contributed by atoms with E-state index in [1.807, 2.05) is 30.5 Å². The molecule has 1 aliphatic rings. The first-order valence-electron chi connectivity index (χ1n) is 16.6. The number of carboxylic acids is 1. The maximum Gasteiger partial charge on any atom is 0.322 e. The Kier molecular flexibility index (Phi) is 11.7. The van der Waals surface area contributed by atoms with Gasteiger partial charge in [0.05, 0.1) is 56.9 Å². The van der Waals surface area contributed by atoms with E-state index in [9.17, 15) is 19.5 Å². The minimum atomic E-state index is -1.18. The molecule has 5 rings (SSSR count). The molecule has 274 valence electrons. The van der Waals surface area contributed by atoms with Gasteiger partial charge in [-0.05, 0) is 54.8 Å². The van der Waals surface area contributed by atoms with E-state index < -0.39 is 34.9 Å². The van der Waals surface area contributed by atoms with Crippen molar-refractivity contribution in [1.82, 2.24) is 14.6 Å². The van der Waals surface area contributed by atoms with Crippen LogP contribution < -0.4 is 9.91 Å². The molecule has 4 aromatic rings. The lowest BCUT2D eigenvalue weighted by Gasteiger charge is -2.41. The monoisotopic (exact) mass is 746 g/mol. The number of quaternary nitrogens is 1. The van der Waals surface area contributed by atoms with Gasteiger partial charge >= 0.3 is 5.97 Å². The molecule has 0 bridgehead atoms. The molecule has 9 nitrogen and oxygen atoms in total. The Morgan fingerprint density at radius 2 is 1.73 bits per heavy atom. The van der Waals surface area contributed by atoms with Crippen molar-refractivity contribution in [3.8, 4) is 11.4 Å². The zero-order valence-electron chi connectivity index (χ0n) is 29.5. The summed E-state index contributed by atoms with van der Waals surface area (Å²) in [6.07, 6.45) is 3.32. The maximum absolute atomic E-state index is 15.7. The summed E-state index contributed by atoms with van der Waals surface area (Å²) in [6.45, 7) is 7.41. The van der Waals surface area contributed by atoms with Gasteiger partial charge in [-0.2, -0.15) is 10.2 Å². The van der Waals surface area contributed by atoms with Crippen LogP contribution in [0.15, 0.2) is 66.0 Å². The summed E-state index contributed by atoms with van der Waals surface area (Å²) in [4.78, 5) is 16.6. The summed E-state index contributed by atoms with van der Waals surface area (Å²) in [6, 6.07) is 12.2. The molecule has 0 radical (unpaired) electrons. The number of rotatable bonds is 13. The first kappa shape index (κ1) is 38.5. The van der Waals surface area contributed by atoms with Crippen LogP contribution in [0, 0.1) is 23.4 Å². The number of methoxy groups -OCH3 is 1. The van der Waals surface area contributed by atoms with Crippen molar-refractivity contribution in [3.63, 3.8) is 0 Å². The molecule has 0 amide bonds. The van der Waals surface area contributed by atoms with E-state index in [0.29, 0.717) is 26.8 Å². The molecule has 14 heteroatoms. The quantitative estimate of drug-likeness (QED) is 0.0810. The van der Waals surface area contributed by atoms with Crippen molar-refractivity contribution in [1.29, 1.82) is 0 Å². The lowest BCUT2D eigenvalue weighted by molar-refractivity contribution is -0.896. The van der Waals surface area contributed by atoms with Crippen LogP contribution in [-0.4, -0.2) is 82.2 Å². The highest BCUT2D eigenvalue weighted by atomic mass is 35.5. The number of carboxylic acid groups (broad SMARTS) is 1. The molecular formula is C37H44ClF3N5O4S+. The first-order chi connectivity index (χ1) is 24.0. The molecule has 1 unspecified atom stereocenters. The van der Waals surface area contributed by atoms with Crippen LogP contribution in [-0.2, 0) is 16.0 Å². The largest absolute Gasteiger partial charge is 0.495 e. The average molecular weight is 747 g/mol. The van der Waals surface area contributed by atoms with Gasteiger partial charge in [0.2, 0.25) is 0 Å². The Balaban J connectivity index is 1.43. The van der Waals surface area contributed by atoms with Crippen molar-refractivity contribution in [2.75, 3.05) is 46.0 Å². The van der Waals surface area contributed by atoms with Crippen molar-refractivity contribution in [3.05, 3.63) is 100 Å². The number of halogens is 4. The molecule has 0 saturated carbocycles. The number of anilines is 1. The number of hydrogen-bond acceptors (Lipinski definition) is 7. The van der Waals surface area contributed by atoms with Gasteiger partial charge < -0.3 is 14.3 Å². The van der Waals surface area contributed by atoms with E-state index in [-0.39, 0.29) is 29.5 Å². The predicted octanol–water partition coefficient (Wildman–Crippen LogP) is 7.94. The Bertz CT molecular complexity index is 1840. The van der Waals surface area contributed by atoms with E-state index in [4.69, 9.17) is 16.3 Å². The highest BCUT2D eigenvalue weighted by molar-refractivity contribution is 7.98. The molecule has 1 saturated heterocycles. The van der Waals surface area contributed by atoms with E-state index in [1.165, 1.54) is 31.2 Å². The number of aromatic nitrogens is 2. The second kappa shape index (κ2) is 15.5. The number of hydrazine groups is 1. The number of imidazole rings is 1. The smallest absolute Gasteiger partial charge is 0.322 e. The Hall–Kier alpha value is -3.75. The molecule has 1 aliphatic heterocycles. The third-order valence-electron chi connectivity index (χ3n) is 9.81. The number of ether oxygens (including phenoxy) is 1. The summed E-state index contributed by atoms with van der Waals surface area (Å²) < 4.78 is 53.5. The number of piperidine rings is 1. The van der Waals surface area contributed by atoms with Crippen LogP contribution in [0.3, 0.4) is 0 Å². The molecule has 3 aromatic carbocycles. The van der Waals surface area contributed by atoms with Crippen molar-refractivity contribution in [2.24, 2.45) is 5.92 Å². The molecule has 0 spiro atoms. The second-order valence-corrected chi connectivity index (χ2v) is 15.5. The number of benzene rings is 3. The molecule has 1 atom stereocenters. The number of carbonyl (C=O) groups is 1. The fourth-order valence-electron chi connectivity index (χ4n) is 6.34. The van der Waals surface area contributed by atoms with Crippen LogP contribution >= 0.6 is 23.4 Å². The van der Waals surface area contributed by atoms with Crippen LogP contribution in [0.5, 0.6) is 5.75 Å². The number of nitrogens with zero attached hydrogens (tertiary/aromatic N) is 5. The lowest BCUT2D eigenvalue weighted by Crippen LogP contribution is -2.54. The summed E-state index contributed by atoms with van der Waals surface area (Å²) in [5.74, 6) is -2.99. The standard InChI is InChI=1S/C37H43ClF3N5O4S/c1-23(35(47)48)43(21-24-13-15-46(4,5)16-14-24)45(49)28-18-31(40)29(32(41)19-28)22-51-36-42-20-34(44(36)27-10-8-26(39)9-11-27)37(2,3)25-7-12-30(38)33(17-25)50-6/h7-12,17-20,23-24,49H,13-16,21-22H2,1-6H3/p+1. The van der Waals surface area contributed by atoms with E-state index in [0.717, 1.165) is 65.6 Å². The Morgan fingerprint density at radius 1 is 1.10 bits per heavy atom. The predicted molar refractivity (Wildman–Crippen MR) is 192 cm³/mol. The molecule has 0 aliphatic carbocycles. The fourth-order valence-corrected chi connectivity index (χ4v) is 7.54. The zero-order chi connectivity index (χ0) is 37.2. The molecule has 2 N–H and O–H groups in total. The van der Waals surface area contributed by atoms with E-state index >= 15 is 8.78 Å². The normalized spacial score (nSPS) is 15.6. The van der Waals surface area contributed by atoms with E-state index in [1.54, 1.807) is 24.4 Å². The molecule has 51 heavy (non-hydrogen) atoms. The minimum Gasteiger partial charge on any atom is -0.495 e. The number of hydrogen-bond donors (Lipinski definition) is 2. The van der Waals surface area contributed by atoms with Gasteiger partial charge in [0.1, 0.15) is 29.2 Å². The number of aliphatic carboxylic acids is 1. The third kappa shape index (κ3) is 8.49.